The molecule has 1 aliphatic carbocycles. The highest BCUT2D eigenvalue weighted by molar-refractivity contribution is 14.1. The fourth-order valence-corrected chi connectivity index (χ4v) is 6.85. The first-order valence-corrected chi connectivity index (χ1v) is 13.9. The number of hydrogen-bond donors (Lipinski definition) is 2. The van der Waals surface area contributed by atoms with Crippen LogP contribution in [0.1, 0.15) is 56.2 Å². The van der Waals surface area contributed by atoms with Crippen molar-refractivity contribution in [3.8, 4) is 11.8 Å². The van der Waals surface area contributed by atoms with Crippen molar-refractivity contribution in [2.45, 2.75) is 34.6 Å². The third-order valence-corrected chi connectivity index (χ3v) is 9.66. The number of rotatable bonds is 3. The van der Waals surface area contributed by atoms with Crippen LogP contribution in [0.3, 0.4) is 0 Å². The zero-order valence-corrected chi connectivity index (χ0v) is 26.6. The first-order chi connectivity index (χ1) is 16.3. The van der Waals surface area contributed by atoms with Gasteiger partial charge in [-0.15, -0.1) is 0 Å². The number of benzene rings is 2. The number of Topliss-reactive ketones (excluding diaryl/α,β-unsaturated/α-hetero) is 1. The highest BCUT2D eigenvalue weighted by atomic mass is 127. The summed E-state index contributed by atoms with van der Waals surface area (Å²) in [5, 5.41) is 30.8. The molecule has 0 radical (unpaired) electrons. The normalized spacial score (nSPS) is 15.2. The molecule has 0 fully saturated rings. The van der Waals surface area contributed by atoms with E-state index >= 15 is 0 Å². The van der Waals surface area contributed by atoms with Crippen LogP contribution in [-0.4, -0.2) is 22.0 Å². The Labute approximate surface area is 249 Å². The summed E-state index contributed by atoms with van der Waals surface area (Å²) in [6.45, 7) is 8.78. The van der Waals surface area contributed by atoms with Gasteiger partial charge in [-0.3, -0.25) is 4.79 Å². The molecular formula is C26H19ClI3NO4. The molecule has 2 aromatic carbocycles. The lowest BCUT2D eigenvalue weighted by atomic mass is 9.80. The fourth-order valence-electron chi connectivity index (χ4n) is 4.09. The number of aromatic hydroxyl groups is 1. The maximum atomic E-state index is 12.7. The Bertz CT molecular complexity index is 1490. The average Bonchev–Trinajstić information content (AvgIpc) is 2.80. The van der Waals surface area contributed by atoms with Gasteiger partial charge in [-0.25, -0.2) is 4.79 Å². The monoisotopic (exact) mass is 825 g/mol. The van der Waals surface area contributed by atoms with Crippen molar-refractivity contribution in [1.29, 1.82) is 5.26 Å². The van der Waals surface area contributed by atoms with E-state index in [1.165, 1.54) is 0 Å². The van der Waals surface area contributed by atoms with Crippen molar-refractivity contribution >= 4 is 96.7 Å². The van der Waals surface area contributed by atoms with Crippen LogP contribution in [-0.2, 0) is 4.79 Å². The lowest BCUT2D eigenvalue weighted by Crippen LogP contribution is -2.14. The Hall–Kier alpha value is -1.43. The van der Waals surface area contributed by atoms with Gasteiger partial charge in [-0.05, 0) is 159 Å². The second kappa shape index (κ2) is 10.5. The second-order valence-corrected chi connectivity index (χ2v) is 11.9. The molecule has 9 heteroatoms. The topological polar surface area (TPSA) is 98.4 Å². The average molecular weight is 826 g/mol. The maximum Gasteiger partial charge on any atom is 0.336 e. The molecule has 0 heterocycles. The molecule has 5 nitrogen and oxygen atoms in total. The van der Waals surface area contributed by atoms with E-state index in [9.17, 15) is 25.1 Å². The van der Waals surface area contributed by atoms with Crippen molar-refractivity contribution in [3.05, 3.63) is 83.5 Å². The van der Waals surface area contributed by atoms with Crippen molar-refractivity contribution in [2.24, 2.45) is 0 Å². The van der Waals surface area contributed by atoms with E-state index in [4.69, 9.17) is 11.6 Å². The van der Waals surface area contributed by atoms with E-state index in [0.717, 1.165) is 5.56 Å². The van der Waals surface area contributed by atoms with E-state index in [1.807, 2.05) is 81.6 Å². The van der Waals surface area contributed by atoms with Gasteiger partial charge in [0.15, 0.2) is 0 Å². The molecule has 2 aromatic rings. The van der Waals surface area contributed by atoms with E-state index in [-0.39, 0.29) is 33.2 Å². The van der Waals surface area contributed by atoms with E-state index in [2.05, 4.69) is 6.07 Å². The van der Waals surface area contributed by atoms with Gasteiger partial charge in [0.2, 0.25) is 5.78 Å². The van der Waals surface area contributed by atoms with Crippen LogP contribution in [0.25, 0.3) is 5.57 Å². The van der Waals surface area contributed by atoms with Gasteiger partial charge in [0.05, 0.1) is 26.9 Å². The van der Waals surface area contributed by atoms with Gasteiger partial charge >= 0.3 is 5.97 Å². The second-order valence-electron chi connectivity index (χ2n) is 8.16. The maximum absolute atomic E-state index is 12.7. The summed E-state index contributed by atoms with van der Waals surface area (Å²) in [5.41, 5.74) is 5.21. The van der Waals surface area contributed by atoms with Crippen LogP contribution in [0, 0.1) is 42.6 Å². The third kappa shape index (κ3) is 4.69. The molecule has 0 saturated heterocycles. The first-order valence-electron chi connectivity index (χ1n) is 10.2. The number of ketones is 1. The summed E-state index contributed by atoms with van der Waals surface area (Å²) in [4.78, 5) is 25.3. The van der Waals surface area contributed by atoms with Crippen LogP contribution >= 0.6 is 79.4 Å². The summed E-state index contributed by atoms with van der Waals surface area (Å²) >= 11 is 12.8. The van der Waals surface area contributed by atoms with E-state index in [1.54, 1.807) is 32.9 Å². The highest BCUT2D eigenvalue weighted by Crippen LogP contribution is 2.46. The molecule has 180 valence electrons. The molecule has 0 aromatic heterocycles. The van der Waals surface area contributed by atoms with E-state index in [0.29, 0.717) is 49.7 Å². The molecular weight excluding hydrogens is 806 g/mol. The van der Waals surface area contributed by atoms with Crippen LogP contribution < -0.4 is 0 Å². The summed E-state index contributed by atoms with van der Waals surface area (Å²) < 4.78 is 1.57. The minimum atomic E-state index is -1.17. The lowest BCUT2D eigenvalue weighted by molar-refractivity contribution is -0.110. The van der Waals surface area contributed by atoms with Crippen LogP contribution in [0.15, 0.2) is 30.4 Å². The largest absolute Gasteiger partial charge is 0.507 e. The number of phenols is 1. The molecule has 0 atom stereocenters. The Morgan fingerprint density at radius 1 is 1.00 bits per heavy atom. The smallest absolute Gasteiger partial charge is 0.336 e. The van der Waals surface area contributed by atoms with Crippen molar-refractivity contribution in [1.82, 2.24) is 0 Å². The summed E-state index contributed by atoms with van der Waals surface area (Å²) in [6.07, 6.45) is 1.73. The molecule has 0 bridgehead atoms. The zero-order chi connectivity index (χ0) is 26.5. The number of aromatic carboxylic acids is 1. The van der Waals surface area contributed by atoms with E-state index < -0.39 is 5.97 Å². The Kier molecular flexibility index (Phi) is 8.45. The molecule has 2 N–H and O–H groups in total. The predicted molar refractivity (Wildman–Crippen MR) is 163 cm³/mol. The lowest BCUT2D eigenvalue weighted by Gasteiger charge is -2.25. The van der Waals surface area contributed by atoms with Gasteiger partial charge in [-0.2, -0.15) is 5.26 Å². The Morgan fingerprint density at radius 3 is 2.14 bits per heavy atom. The van der Waals surface area contributed by atoms with Gasteiger partial charge in [0.1, 0.15) is 11.8 Å². The van der Waals surface area contributed by atoms with Gasteiger partial charge in [0.25, 0.3) is 0 Å². The number of carboxylic acids is 1. The molecule has 1 aliphatic rings. The molecule has 3 rings (SSSR count). The number of carbonyl (C=O) groups is 2. The van der Waals surface area contributed by atoms with Gasteiger partial charge in [-0.1, -0.05) is 11.6 Å². The number of carboxylic acid groups (broad SMARTS) is 1. The van der Waals surface area contributed by atoms with Crippen molar-refractivity contribution in [3.63, 3.8) is 0 Å². The van der Waals surface area contributed by atoms with Crippen LogP contribution in [0.4, 0.5) is 0 Å². The standard InChI is InChI=1S/C26H19ClI3NO4/c1-9-11(3)19(26(34)35)21(22(27)16(9)8-31)20(14-6-17(28)24(32)12(4)10(14)2)15-7-18(29)25(33)23(30)13(15)5/h6-7,32H,1-5H3,(H,34,35). The summed E-state index contributed by atoms with van der Waals surface area (Å²) in [7, 11) is 0. The number of allylic oxidation sites excluding steroid dienone is 5. The molecule has 0 unspecified atom stereocenters. The number of carbonyl (C=O) groups excluding carboxylic acids is 1. The van der Waals surface area contributed by atoms with Crippen molar-refractivity contribution in [2.75, 3.05) is 0 Å². The van der Waals surface area contributed by atoms with Crippen molar-refractivity contribution < 1.29 is 19.8 Å². The van der Waals surface area contributed by atoms with Gasteiger partial charge in [0, 0.05) is 5.56 Å². The number of halogens is 4. The predicted octanol–water partition coefficient (Wildman–Crippen LogP) is 7.87. The summed E-state index contributed by atoms with van der Waals surface area (Å²) in [5.74, 6) is -1.14. The zero-order valence-electron chi connectivity index (χ0n) is 19.3. The van der Waals surface area contributed by atoms with Crippen LogP contribution in [0.5, 0.6) is 5.75 Å². The first kappa shape index (κ1) is 28.1. The Morgan fingerprint density at radius 2 is 1.60 bits per heavy atom. The number of phenolic OH excluding ortho intramolecular Hbond substituents is 1. The quantitative estimate of drug-likeness (QED) is 0.308. The SMILES string of the molecule is CC1=C(I)C(=O)C(I)=CC1=C(c1cc(I)c(O)c(C)c1C)c1c(Cl)c(C#N)c(C)c(C)c1C(=O)O. The number of nitrogens with zero attached hydrogens (tertiary/aromatic N) is 1. The minimum absolute atomic E-state index is 0.00254. The molecule has 0 saturated carbocycles. The third-order valence-electron chi connectivity index (χ3n) is 6.36. The van der Waals surface area contributed by atoms with Gasteiger partial charge < -0.3 is 10.2 Å². The molecule has 35 heavy (non-hydrogen) atoms. The number of hydrogen-bond acceptors (Lipinski definition) is 4. The fraction of sp³-hybridized carbons (Fsp3) is 0.192. The molecule has 0 aliphatic heterocycles. The number of nitriles is 1. The molecule has 0 spiro atoms. The molecule has 0 amide bonds. The summed E-state index contributed by atoms with van der Waals surface area (Å²) in [6, 6.07) is 3.91. The minimum Gasteiger partial charge on any atom is -0.507 e. The Balaban J connectivity index is 2.75. The van der Waals surface area contributed by atoms with Crippen LogP contribution in [0.2, 0.25) is 5.02 Å². The highest BCUT2D eigenvalue weighted by Gasteiger charge is 2.31.